The molecule has 0 fully saturated rings. The number of aliphatic hydroxyl groups is 1. The van der Waals surface area contributed by atoms with Crippen LogP contribution in [-0.4, -0.2) is 63.1 Å². The van der Waals surface area contributed by atoms with Gasteiger partial charge in [-0.05, 0) is 37.5 Å². The number of allylic oxidation sites excluding steroid dienone is 1. The summed E-state index contributed by atoms with van der Waals surface area (Å²) in [5.74, 6) is 1.21. The van der Waals surface area contributed by atoms with Crippen molar-refractivity contribution in [3.8, 4) is 0 Å². The van der Waals surface area contributed by atoms with E-state index in [-0.39, 0.29) is 11.6 Å². The van der Waals surface area contributed by atoms with Crippen LogP contribution < -0.4 is 5.32 Å². The molecule has 41 heavy (non-hydrogen) atoms. The van der Waals surface area contributed by atoms with Crippen LogP contribution in [0, 0.1) is 0 Å². The first-order chi connectivity index (χ1) is 19.6. The number of alkyl halides is 3. The fraction of sp³-hybridized carbons (Fsp3) is 0.633. The van der Waals surface area contributed by atoms with Crippen LogP contribution in [-0.2, 0) is 20.4 Å². The van der Waals surface area contributed by atoms with Gasteiger partial charge in [0.05, 0.1) is 62.5 Å². The monoisotopic (exact) mass is 606 g/mol. The number of rotatable bonds is 20. The first-order valence-corrected chi connectivity index (χ1v) is 14.6. The molecule has 0 aliphatic heterocycles. The van der Waals surface area contributed by atoms with Gasteiger partial charge in [-0.15, -0.1) is 0 Å². The molecule has 234 valence electrons. The van der Waals surface area contributed by atoms with E-state index < -0.39 is 11.7 Å². The second kappa shape index (κ2) is 21.6. The normalized spacial score (nSPS) is 12.1. The minimum atomic E-state index is -4.40. The van der Waals surface area contributed by atoms with Crippen LogP contribution in [0.4, 0.5) is 19.1 Å². The van der Waals surface area contributed by atoms with Gasteiger partial charge in [0.15, 0.2) is 0 Å². The van der Waals surface area contributed by atoms with E-state index in [4.69, 9.17) is 35.4 Å². The third kappa shape index (κ3) is 16.2. The van der Waals surface area contributed by atoms with Gasteiger partial charge in [0.25, 0.3) is 0 Å². The highest BCUT2D eigenvalue weighted by Crippen LogP contribution is 2.35. The molecule has 1 aromatic carbocycles. The molecule has 0 saturated carbocycles. The molecule has 1 unspecified atom stereocenters. The number of aliphatic hydroxyl groups excluding tert-OH is 1. The largest absolute Gasteiger partial charge is 0.417 e. The molecule has 1 heterocycles. The van der Waals surface area contributed by atoms with Gasteiger partial charge in [-0.2, -0.15) is 13.2 Å². The van der Waals surface area contributed by atoms with Crippen LogP contribution in [0.15, 0.2) is 35.4 Å². The molecule has 0 aliphatic carbocycles. The quantitative estimate of drug-likeness (QED) is 0.148. The summed E-state index contributed by atoms with van der Waals surface area (Å²) in [6.45, 7) is 13.5. The van der Waals surface area contributed by atoms with Crippen LogP contribution in [0.5, 0.6) is 0 Å². The van der Waals surface area contributed by atoms with Gasteiger partial charge in [-0.25, -0.2) is 0 Å². The van der Waals surface area contributed by atoms with Crippen molar-refractivity contribution in [2.24, 2.45) is 0 Å². The van der Waals surface area contributed by atoms with Crippen molar-refractivity contribution >= 4 is 23.1 Å². The van der Waals surface area contributed by atoms with E-state index >= 15 is 0 Å². The fourth-order valence-electron chi connectivity index (χ4n) is 3.86. The summed E-state index contributed by atoms with van der Waals surface area (Å²) in [7, 11) is 0. The Labute approximate surface area is 247 Å². The van der Waals surface area contributed by atoms with Gasteiger partial charge in [-0.3, -0.25) is 0 Å². The number of hydrogen-bond acceptors (Lipinski definition) is 7. The topological polar surface area (TPSA) is 86.0 Å². The summed E-state index contributed by atoms with van der Waals surface area (Å²) in [4.78, 5) is 0. The highest BCUT2D eigenvalue weighted by molar-refractivity contribution is 6.31. The van der Waals surface area contributed by atoms with Crippen molar-refractivity contribution in [3.05, 3.63) is 52.7 Å². The van der Waals surface area contributed by atoms with Gasteiger partial charge >= 0.3 is 6.18 Å². The number of anilines is 1. The lowest BCUT2D eigenvalue weighted by Gasteiger charge is -2.12. The van der Waals surface area contributed by atoms with Crippen molar-refractivity contribution in [2.75, 3.05) is 58.1 Å². The van der Waals surface area contributed by atoms with Gasteiger partial charge in [0.2, 0.25) is 5.88 Å². The van der Waals surface area contributed by atoms with E-state index in [0.29, 0.717) is 69.1 Å². The molecule has 0 bridgehead atoms. The molecule has 2 N–H and O–H groups in total. The van der Waals surface area contributed by atoms with Gasteiger partial charge < -0.3 is 29.2 Å². The van der Waals surface area contributed by atoms with E-state index in [0.717, 1.165) is 24.6 Å². The summed E-state index contributed by atoms with van der Waals surface area (Å²) in [6, 6.07) is 5.62. The summed E-state index contributed by atoms with van der Waals surface area (Å²) >= 11 is 5.50. The maximum atomic E-state index is 12.3. The zero-order chi connectivity index (χ0) is 30.5. The van der Waals surface area contributed by atoms with Gasteiger partial charge in [-0.1, -0.05) is 74.5 Å². The molecule has 2 rings (SSSR count). The molecular formula is C30H46ClF3N2O5. The number of nitrogens with one attached hydrogen (secondary N) is 1. The van der Waals surface area contributed by atoms with Crippen LogP contribution in [0.2, 0.25) is 5.02 Å². The lowest BCUT2D eigenvalue weighted by Crippen LogP contribution is -2.14. The Morgan fingerprint density at radius 3 is 2.22 bits per heavy atom. The SMILES string of the molecule is C=C(C)c1ccc(C(F)(F)F)c(Cl)c1.CCCCCC(CCC)c1cc(NCCOCCOCCOCCO)on1. The van der Waals surface area contributed by atoms with Gasteiger partial charge in [0.1, 0.15) is 0 Å². The Kier molecular flexibility index (Phi) is 19.4. The first-order valence-electron chi connectivity index (χ1n) is 14.2. The lowest BCUT2D eigenvalue weighted by molar-refractivity contribution is -0.137. The zero-order valence-corrected chi connectivity index (χ0v) is 25.3. The summed E-state index contributed by atoms with van der Waals surface area (Å²) in [6.07, 6.45) is 2.87. The lowest BCUT2D eigenvalue weighted by atomic mass is 9.93. The Hall–Kier alpha value is -2.11. The Morgan fingerprint density at radius 2 is 1.66 bits per heavy atom. The average molecular weight is 607 g/mol. The highest BCUT2D eigenvalue weighted by Gasteiger charge is 2.33. The second-order valence-electron chi connectivity index (χ2n) is 9.56. The van der Waals surface area contributed by atoms with E-state index in [1.165, 1.54) is 37.8 Å². The van der Waals surface area contributed by atoms with Crippen molar-refractivity contribution in [3.63, 3.8) is 0 Å². The Morgan fingerprint density at radius 1 is 1.00 bits per heavy atom. The smallest absolute Gasteiger partial charge is 0.394 e. The fourth-order valence-corrected chi connectivity index (χ4v) is 4.14. The Bertz CT molecular complexity index is 972. The highest BCUT2D eigenvalue weighted by atomic mass is 35.5. The Balaban J connectivity index is 0.000000502. The van der Waals surface area contributed by atoms with Crippen LogP contribution in [0.25, 0.3) is 5.57 Å². The molecule has 2 aromatic rings. The summed E-state index contributed by atoms with van der Waals surface area (Å²) in [5, 5.41) is 15.7. The molecule has 7 nitrogen and oxygen atoms in total. The third-order valence-electron chi connectivity index (χ3n) is 6.03. The van der Waals surface area contributed by atoms with Gasteiger partial charge in [0, 0.05) is 18.5 Å². The van der Waals surface area contributed by atoms with Crippen molar-refractivity contribution < 1.29 is 37.0 Å². The molecule has 0 saturated heterocycles. The van der Waals surface area contributed by atoms with Crippen molar-refractivity contribution in [1.29, 1.82) is 0 Å². The van der Waals surface area contributed by atoms with Crippen molar-refractivity contribution in [1.82, 2.24) is 5.16 Å². The molecule has 1 atom stereocenters. The second-order valence-corrected chi connectivity index (χ2v) is 9.96. The molecule has 1 aromatic heterocycles. The number of nitrogens with zero attached hydrogens (tertiary/aromatic N) is 1. The van der Waals surface area contributed by atoms with Crippen LogP contribution in [0.3, 0.4) is 0 Å². The summed E-state index contributed by atoms with van der Waals surface area (Å²) in [5.41, 5.74) is 1.54. The number of unbranched alkanes of at least 4 members (excludes halogenated alkanes) is 2. The molecule has 0 radical (unpaired) electrons. The predicted octanol–water partition coefficient (Wildman–Crippen LogP) is 7.98. The van der Waals surface area contributed by atoms with E-state index in [9.17, 15) is 13.2 Å². The number of benzene rings is 1. The maximum absolute atomic E-state index is 12.3. The van der Waals surface area contributed by atoms with Crippen LogP contribution >= 0.6 is 11.6 Å². The third-order valence-corrected chi connectivity index (χ3v) is 6.35. The van der Waals surface area contributed by atoms with E-state index in [1.807, 2.05) is 6.07 Å². The number of aromatic nitrogens is 1. The molecule has 0 amide bonds. The molecule has 0 aliphatic rings. The minimum Gasteiger partial charge on any atom is -0.394 e. The van der Waals surface area contributed by atoms with Crippen LogP contribution in [0.1, 0.15) is 82.0 Å². The maximum Gasteiger partial charge on any atom is 0.417 e. The number of hydrogen-bond donors (Lipinski definition) is 2. The van der Waals surface area contributed by atoms with E-state index in [2.05, 4.69) is 30.9 Å². The minimum absolute atomic E-state index is 0.0426. The standard InChI is InChI=1S/C20H38N2O5.C10H8ClF3/c1-3-5-6-8-18(7-4-2)19-17-20(27-22-19)21-9-11-24-13-15-26-16-14-25-12-10-23;1-6(2)7-3-4-8(9(11)5-7)10(12,13)14/h17-18,21,23H,3-16H2,1-2H3;3-5H,1H2,2H3. The average Bonchev–Trinajstić information content (AvgIpc) is 3.40. The number of ether oxygens (including phenoxy) is 3. The predicted molar refractivity (Wildman–Crippen MR) is 157 cm³/mol. The summed E-state index contributed by atoms with van der Waals surface area (Å²) < 4.78 is 58.2. The molecule has 11 heteroatoms. The van der Waals surface area contributed by atoms with E-state index in [1.54, 1.807) is 6.92 Å². The first kappa shape index (κ1) is 36.9. The number of halogens is 4. The van der Waals surface area contributed by atoms with Crippen molar-refractivity contribution in [2.45, 2.75) is 71.4 Å². The molecule has 0 spiro atoms. The zero-order valence-electron chi connectivity index (χ0n) is 24.5. The molecular weight excluding hydrogens is 561 g/mol.